The molecular weight excluding hydrogens is 371 g/mol. The summed E-state index contributed by atoms with van der Waals surface area (Å²) >= 11 is 0. The predicted octanol–water partition coefficient (Wildman–Crippen LogP) is 2.56. The number of carbonyl (C=O) groups excluding carboxylic acids is 1. The molecule has 1 amide bonds. The molecule has 0 radical (unpaired) electrons. The molecule has 1 unspecified atom stereocenters. The first kappa shape index (κ1) is 19.8. The predicted molar refractivity (Wildman–Crippen MR) is 107 cm³/mol. The number of fused-ring (bicyclic) bond motifs is 1. The lowest BCUT2D eigenvalue weighted by molar-refractivity contribution is -0.131. The van der Waals surface area contributed by atoms with Crippen molar-refractivity contribution in [3.63, 3.8) is 0 Å². The molecule has 0 N–H and O–H groups in total. The van der Waals surface area contributed by atoms with E-state index in [4.69, 9.17) is 9.72 Å². The van der Waals surface area contributed by atoms with Crippen LogP contribution in [0.15, 0.2) is 24.4 Å². The number of rotatable bonds is 4. The zero-order valence-corrected chi connectivity index (χ0v) is 17.0. The monoisotopic (exact) mass is 398 g/mol. The zero-order valence-electron chi connectivity index (χ0n) is 17.0. The van der Waals surface area contributed by atoms with Crippen LogP contribution in [0.3, 0.4) is 0 Å². The lowest BCUT2D eigenvalue weighted by Crippen LogP contribution is -2.40. The van der Waals surface area contributed by atoms with Gasteiger partial charge in [0.1, 0.15) is 5.82 Å². The van der Waals surface area contributed by atoms with Crippen molar-refractivity contribution in [3.8, 4) is 5.75 Å². The number of amides is 1. The molecule has 0 spiro atoms. The van der Waals surface area contributed by atoms with Crippen LogP contribution >= 0.6 is 0 Å². The molecule has 29 heavy (non-hydrogen) atoms. The van der Waals surface area contributed by atoms with Crippen LogP contribution in [-0.2, 0) is 24.2 Å². The van der Waals surface area contributed by atoms with Crippen molar-refractivity contribution in [2.45, 2.75) is 38.1 Å². The Kier molecular flexibility index (Phi) is 5.76. The second-order valence-electron chi connectivity index (χ2n) is 8.01. The Balaban J connectivity index is 1.43. The molecule has 154 valence electrons. The highest BCUT2D eigenvalue weighted by molar-refractivity contribution is 5.79. The maximum atomic E-state index is 13.9. The van der Waals surface area contributed by atoms with E-state index in [9.17, 15) is 9.18 Å². The fourth-order valence-corrected chi connectivity index (χ4v) is 4.19. The average molecular weight is 398 g/mol. The largest absolute Gasteiger partial charge is 0.494 e. The molecule has 2 aliphatic rings. The van der Waals surface area contributed by atoms with Gasteiger partial charge < -0.3 is 14.5 Å². The van der Waals surface area contributed by atoms with E-state index in [1.807, 2.05) is 11.1 Å². The van der Waals surface area contributed by atoms with Gasteiger partial charge in [0.2, 0.25) is 5.91 Å². The number of halogens is 1. The van der Waals surface area contributed by atoms with Crippen LogP contribution in [-0.4, -0.2) is 59.5 Å². The maximum Gasteiger partial charge on any atom is 0.227 e. The van der Waals surface area contributed by atoms with Gasteiger partial charge in [0.25, 0.3) is 0 Å². The third-order valence-electron chi connectivity index (χ3n) is 5.85. The number of likely N-dealkylation sites (N-methyl/N-ethyl adjacent to an activating group) is 1. The summed E-state index contributed by atoms with van der Waals surface area (Å²) in [5, 5.41) is 0. The summed E-state index contributed by atoms with van der Waals surface area (Å²) < 4.78 is 18.9. The number of hydrogen-bond donors (Lipinski definition) is 0. The molecule has 0 bridgehead atoms. The van der Waals surface area contributed by atoms with Crippen LogP contribution in [0.4, 0.5) is 4.39 Å². The van der Waals surface area contributed by atoms with Gasteiger partial charge in [-0.2, -0.15) is 0 Å². The summed E-state index contributed by atoms with van der Waals surface area (Å²) in [7, 11) is 3.54. The standard InChI is InChI=1S/C22H27FN4O2/c1-26-9-7-19-17(13-26)12-24-22(25-19)16-4-3-8-27(14-16)21(28)11-15-5-6-20(29-2)18(23)10-15/h5-6,10,12,16H,3-4,7-9,11,13-14H2,1-2H3. The maximum absolute atomic E-state index is 13.9. The first-order chi connectivity index (χ1) is 14.0. The second-order valence-corrected chi connectivity index (χ2v) is 8.01. The SMILES string of the molecule is COc1ccc(CC(=O)N2CCCC(c3ncc4c(n3)CCN(C)C4)C2)cc1F. The summed E-state index contributed by atoms with van der Waals surface area (Å²) in [6, 6.07) is 4.68. The highest BCUT2D eigenvalue weighted by Gasteiger charge is 2.27. The minimum Gasteiger partial charge on any atom is -0.494 e. The summed E-state index contributed by atoms with van der Waals surface area (Å²) in [5.41, 5.74) is 3.00. The van der Waals surface area contributed by atoms with Gasteiger partial charge in [0, 0.05) is 56.0 Å². The van der Waals surface area contributed by atoms with Crippen LogP contribution in [0, 0.1) is 5.82 Å². The Hall–Kier alpha value is -2.54. The molecule has 1 saturated heterocycles. The molecule has 7 heteroatoms. The Morgan fingerprint density at radius 1 is 1.34 bits per heavy atom. The van der Waals surface area contributed by atoms with Crippen LogP contribution in [0.1, 0.15) is 41.4 Å². The van der Waals surface area contributed by atoms with E-state index in [0.717, 1.165) is 50.4 Å². The van der Waals surface area contributed by atoms with Crippen molar-refractivity contribution in [2.75, 3.05) is 33.8 Å². The summed E-state index contributed by atoms with van der Waals surface area (Å²) in [6.07, 6.45) is 5.00. The second kappa shape index (κ2) is 8.45. The first-order valence-corrected chi connectivity index (χ1v) is 10.2. The number of nitrogens with zero attached hydrogens (tertiary/aromatic N) is 4. The van der Waals surface area contributed by atoms with Crippen molar-refractivity contribution in [3.05, 3.63) is 52.9 Å². The highest BCUT2D eigenvalue weighted by Crippen LogP contribution is 2.27. The van der Waals surface area contributed by atoms with Gasteiger partial charge in [-0.05, 0) is 37.6 Å². The molecule has 4 rings (SSSR count). The van der Waals surface area contributed by atoms with Crippen LogP contribution < -0.4 is 4.74 Å². The molecule has 3 heterocycles. The van der Waals surface area contributed by atoms with Crippen molar-refractivity contribution >= 4 is 5.91 Å². The Labute approximate surface area is 170 Å². The topological polar surface area (TPSA) is 58.6 Å². The van der Waals surface area contributed by atoms with Gasteiger partial charge in [0.05, 0.1) is 13.5 Å². The molecule has 1 aromatic heterocycles. The molecule has 2 aliphatic heterocycles. The van der Waals surface area contributed by atoms with Crippen LogP contribution in [0.5, 0.6) is 5.75 Å². The van der Waals surface area contributed by atoms with E-state index in [1.165, 1.54) is 18.7 Å². The smallest absolute Gasteiger partial charge is 0.227 e. The van der Waals surface area contributed by atoms with Gasteiger partial charge in [-0.1, -0.05) is 6.07 Å². The van der Waals surface area contributed by atoms with Crippen molar-refractivity contribution in [2.24, 2.45) is 0 Å². The van der Waals surface area contributed by atoms with Crippen molar-refractivity contribution in [1.29, 1.82) is 0 Å². The van der Waals surface area contributed by atoms with Gasteiger partial charge in [-0.15, -0.1) is 0 Å². The van der Waals surface area contributed by atoms with E-state index >= 15 is 0 Å². The number of ether oxygens (including phenoxy) is 1. The van der Waals surface area contributed by atoms with Gasteiger partial charge in [-0.25, -0.2) is 14.4 Å². The Morgan fingerprint density at radius 2 is 2.21 bits per heavy atom. The van der Waals surface area contributed by atoms with E-state index < -0.39 is 5.82 Å². The van der Waals surface area contributed by atoms with Gasteiger partial charge in [-0.3, -0.25) is 4.79 Å². The quantitative estimate of drug-likeness (QED) is 0.792. The van der Waals surface area contributed by atoms with Crippen molar-refractivity contribution < 1.29 is 13.9 Å². The van der Waals surface area contributed by atoms with E-state index in [-0.39, 0.29) is 24.0 Å². The number of benzene rings is 1. The van der Waals surface area contributed by atoms with E-state index in [1.54, 1.807) is 12.1 Å². The van der Waals surface area contributed by atoms with Gasteiger partial charge >= 0.3 is 0 Å². The number of piperidine rings is 1. The minimum absolute atomic E-state index is 0.0128. The third kappa shape index (κ3) is 4.40. The molecule has 0 saturated carbocycles. The number of methoxy groups -OCH3 is 1. The fourth-order valence-electron chi connectivity index (χ4n) is 4.19. The lowest BCUT2D eigenvalue weighted by Gasteiger charge is -2.33. The minimum atomic E-state index is -0.442. The average Bonchev–Trinajstić information content (AvgIpc) is 2.73. The fraction of sp³-hybridized carbons (Fsp3) is 0.500. The van der Waals surface area contributed by atoms with Gasteiger partial charge in [0.15, 0.2) is 11.6 Å². The molecule has 6 nitrogen and oxygen atoms in total. The molecule has 1 atom stereocenters. The number of hydrogen-bond acceptors (Lipinski definition) is 5. The molecular formula is C22H27FN4O2. The number of carbonyl (C=O) groups is 1. The zero-order chi connectivity index (χ0) is 20.4. The summed E-state index contributed by atoms with van der Waals surface area (Å²) in [4.78, 5) is 26.4. The van der Waals surface area contributed by atoms with Crippen molar-refractivity contribution in [1.82, 2.24) is 19.8 Å². The Morgan fingerprint density at radius 3 is 3.00 bits per heavy atom. The summed E-state index contributed by atoms with van der Waals surface area (Å²) in [5.74, 6) is 0.766. The van der Waals surface area contributed by atoms with Crippen LogP contribution in [0.2, 0.25) is 0 Å². The lowest BCUT2D eigenvalue weighted by atomic mass is 9.96. The molecule has 0 aliphatic carbocycles. The number of aromatic nitrogens is 2. The third-order valence-corrected chi connectivity index (χ3v) is 5.85. The van der Waals surface area contributed by atoms with E-state index in [0.29, 0.717) is 12.1 Å². The molecule has 1 fully saturated rings. The van der Waals surface area contributed by atoms with E-state index in [2.05, 4.69) is 16.9 Å². The van der Waals surface area contributed by atoms with Crippen LogP contribution in [0.25, 0.3) is 0 Å². The number of likely N-dealkylation sites (tertiary alicyclic amines) is 1. The molecule has 1 aromatic carbocycles. The first-order valence-electron chi connectivity index (χ1n) is 10.2. The highest BCUT2D eigenvalue weighted by atomic mass is 19.1. The summed E-state index contributed by atoms with van der Waals surface area (Å²) in [6.45, 7) is 3.25. The Bertz CT molecular complexity index is 904. The normalized spacial score (nSPS) is 19.7. The molecule has 2 aromatic rings.